The highest BCUT2D eigenvalue weighted by Gasteiger charge is 2.13. The maximum absolute atomic E-state index is 12.3. The van der Waals surface area contributed by atoms with Crippen LogP contribution in [-0.2, 0) is 46.2 Å². The lowest BCUT2D eigenvalue weighted by Crippen LogP contribution is -2.05. The van der Waals surface area contributed by atoms with Crippen molar-refractivity contribution < 1.29 is 8.42 Å². The summed E-state index contributed by atoms with van der Waals surface area (Å²) in [5.41, 5.74) is 16.6. The molecule has 36 heavy (non-hydrogen) atoms. The van der Waals surface area contributed by atoms with Crippen LogP contribution in [0.4, 0.5) is 11.4 Å². The summed E-state index contributed by atoms with van der Waals surface area (Å²) in [6, 6.07) is 14.4. The minimum atomic E-state index is -1.06. The van der Waals surface area contributed by atoms with Gasteiger partial charge in [0.25, 0.3) is 0 Å². The molecule has 10 heteroatoms. The predicted octanol–water partition coefficient (Wildman–Crippen LogP) is 4.20. The van der Waals surface area contributed by atoms with E-state index in [-0.39, 0.29) is 0 Å². The molecule has 0 fully saturated rings. The number of aromatic nitrogens is 4. The molecule has 0 spiro atoms. The first-order chi connectivity index (χ1) is 17.2. The van der Waals surface area contributed by atoms with Crippen molar-refractivity contribution in [2.45, 2.75) is 62.1 Å². The van der Waals surface area contributed by atoms with Gasteiger partial charge in [-0.05, 0) is 76.2 Å². The van der Waals surface area contributed by atoms with Crippen LogP contribution in [0.25, 0.3) is 0 Å². The molecule has 4 N–H and O–H groups in total. The molecule has 0 amide bonds. The molecular formula is C26H34N6O2S2. The molecule has 0 saturated heterocycles. The van der Waals surface area contributed by atoms with E-state index >= 15 is 0 Å². The number of hydrogen-bond donors (Lipinski definition) is 2. The van der Waals surface area contributed by atoms with Gasteiger partial charge in [-0.1, -0.05) is 0 Å². The molecule has 2 aromatic carbocycles. The summed E-state index contributed by atoms with van der Waals surface area (Å²) in [5.74, 6) is 0.979. The summed E-state index contributed by atoms with van der Waals surface area (Å²) >= 11 is 0. The van der Waals surface area contributed by atoms with Gasteiger partial charge in [0.2, 0.25) is 0 Å². The number of aryl methyl sites for hydroxylation is 4. The Balaban J connectivity index is 0.000000201. The molecule has 0 aliphatic heterocycles. The van der Waals surface area contributed by atoms with E-state index in [1.807, 2.05) is 47.2 Å². The van der Waals surface area contributed by atoms with E-state index in [2.05, 4.69) is 23.8 Å². The molecule has 0 bridgehead atoms. The van der Waals surface area contributed by atoms with Crippen LogP contribution in [0.3, 0.4) is 0 Å². The first-order valence-electron chi connectivity index (χ1n) is 11.7. The SMILES string of the molecule is CCn1cnc(C)c1C[S@@](=O)c1ccc(N)cc1.CCn1cnc(C)c1C[S@](=O)c1ccc(N)cc1. The van der Waals surface area contributed by atoms with Crippen LogP contribution in [0, 0.1) is 13.8 Å². The zero-order valence-electron chi connectivity index (χ0n) is 21.2. The zero-order chi connectivity index (χ0) is 26.2. The lowest BCUT2D eigenvalue weighted by Gasteiger charge is -2.07. The molecule has 4 rings (SSSR count). The van der Waals surface area contributed by atoms with Crippen LogP contribution in [0.1, 0.15) is 36.6 Å². The van der Waals surface area contributed by atoms with E-state index in [9.17, 15) is 8.42 Å². The summed E-state index contributed by atoms with van der Waals surface area (Å²) in [6.07, 6.45) is 3.59. The number of nitrogens with zero attached hydrogens (tertiary/aromatic N) is 4. The number of nitrogens with two attached hydrogens (primary N) is 2. The molecule has 8 nitrogen and oxygen atoms in total. The molecule has 0 saturated carbocycles. The van der Waals surface area contributed by atoms with Crippen LogP contribution in [0.5, 0.6) is 0 Å². The molecule has 2 heterocycles. The quantitative estimate of drug-likeness (QED) is 0.332. The Morgan fingerprint density at radius 3 is 1.31 bits per heavy atom. The van der Waals surface area contributed by atoms with E-state index in [1.165, 1.54) is 0 Å². The van der Waals surface area contributed by atoms with Crippen LogP contribution in [0.15, 0.2) is 71.0 Å². The van der Waals surface area contributed by atoms with E-state index in [4.69, 9.17) is 11.5 Å². The Labute approximate surface area is 217 Å². The standard InChI is InChI=1S/2C13H17N3OS/c2*1-3-16-9-15-10(2)13(16)8-18(17)12-6-4-11(14)5-7-12/h2*4-7,9H,3,8,14H2,1-2H3/t2*18-/m10/s1. The van der Waals surface area contributed by atoms with Gasteiger partial charge >= 0.3 is 0 Å². The molecule has 2 atom stereocenters. The number of hydrogen-bond acceptors (Lipinski definition) is 6. The van der Waals surface area contributed by atoms with Gasteiger partial charge in [0.1, 0.15) is 0 Å². The Bertz CT molecular complexity index is 1220. The Morgan fingerprint density at radius 2 is 1.00 bits per heavy atom. The largest absolute Gasteiger partial charge is 0.399 e. The Morgan fingerprint density at radius 1 is 0.667 bits per heavy atom. The second-order valence-corrected chi connectivity index (χ2v) is 11.1. The van der Waals surface area contributed by atoms with Crippen molar-refractivity contribution in [3.63, 3.8) is 0 Å². The average molecular weight is 527 g/mol. The van der Waals surface area contributed by atoms with E-state index in [0.29, 0.717) is 22.9 Å². The molecule has 0 unspecified atom stereocenters. The number of imidazole rings is 2. The normalized spacial score (nSPS) is 12.6. The van der Waals surface area contributed by atoms with Crippen molar-refractivity contribution in [2.75, 3.05) is 11.5 Å². The summed E-state index contributed by atoms with van der Waals surface area (Å²) in [6.45, 7) is 9.68. The molecule has 192 valence electrons. The van der Waals surface area contributed by atoms with E-state index < -0.39 is 21.6 Å². The van der Waals surface area contributed by atoms with Crippen molar-refractivity contribution in [3.05, 3.63) is 84.0 Å². The van der Waals surface area contributed by atoms with Gasteiger partial charge in [0, 0.05) is 34.3 Å². The fourth-order valence-corrected chi connectivity index (χ4v) is 6.05. The van der Waals surface area contributed by atoms with Crippen molar-refractivity contribution in [3.8, 4) is 0 Å². The van der Waals surface area contributed by atoms with Crippen LogP contribution >= 0.6 is 0 Å². The maximum atomic E-state index is 12.3. The van der Waals surface area contributed by atoms with Gasteiger partial charge in [-0.25, -0.2) is 9.97 Å². The van der Waals surface area contributed by atoms with Crippen molar-refractivity contribution in [1.29, 1.82) is 0 Å². The second-order valence-electron chi connectivity index (χ2n) is 8.24. The Hall–Kier alpha value is -3.24. The summed E-state index contributed by atoms with van der Waals surface area (Å²) < 4.78 is 28.6. The van der Waals surface area contributed by atoms with Crippen LogP contribution in [0.2, 0.25) is 0 Å². The zero-order valence-corrected chi connectivity index (χ0v) is 22.8. The van der Waals surface area contributed by atoms with Gasteiger partial charge in [-0.2, -0.15) is 0 Å². The number of nitrogen functional groups attached to an aromatic ring is 2. The first-order valence-corrected chi connectivity index (χ1v) is 14.4. The van der Waals surface area contributed by atoms with E-state index in [1.54, 1.807) is 36.9 Å². The van der Waals surface area contributed by atoms with E-state index in [0.717, 1.165) is 45.7 Å². The number of rotatable bonds is 8. The molecule has 4 aromatic rings. The summed E-state index contributed by atoms with van der Waals surface area (Å²) in [5, 5.41) is 0. The Kier molecular flexibility index (Phi) is 9.60. The van der Waals surface area contributed by atoms with Gasteiger partial charge in [0.15, 0.2) is 0 Å². The lowest BCUT2D eigenvalue weighted by molar-refractivity contribution is 0.676. The van der Waals surface area contributed by atoms with Crippen molar-refractivity contribution >= 4 is 33.0 Å². The third-order valence-electron chi connectivity index (χ3n) is 5.81. The average Bonchev–Trinajstić information content (AvgIpc) is 3.41. The highest BCUT2D eigenvalue weighted by Crippen LogP contribution is 2.17. The van der Waals surface area contributed by atoms with Gasteiger partial charge in [0.05, 0.1) is 68.5 Å². The molecule has 0 aliphatic rings. The smallest absolute Gasteiger partial charge is 0.0951 e. The van der Waals surface area contributed by atoms with Crippen molar-refractivity contribution in [2.24, 2.45) is 0 Å². The minimum Gasteiger partial charge on any atom is -0.399 e. The summed E-state index contributed by atoms with van der Waals surface area (Å²) in [4.78, 5) is 10.1. The molecular weight excluding hydrogens is 492 g/mol. The van der Waals surface area contributed by atoms with Gasteiger partial charge in [-0.3, -0.25) is 8.42 Å². The van der Waals surface area contributed by atoms with Crippen LogP contribution < -0.4 is 11.5 Å². The first kappa shape index (κ1) is 27.3. The minimum absolute atomic E-state index is 0.490. The highest BCUT2D eigenvalue weighted by atomic mass is 32.2. The fraction of sp³-hybridized carbons (Fsp3) is 0.308. The fourth-order valence-electron chi connectivity index (χ4n) is 3.59. The number of benzene rings is 2. The third kappa shape index (κ3) is 6.92. The maximum Gasteiger partial charge on any atom is 0.0951 e. The van der Waals surface area contributed by atoms with Crippen LogP contribution in [-0.4, -0.2) is 27.5 Å². The molecule has 2 aromatic heterocycles. The predicted molar refractivity (Wildman–Crippen MR) is 147 cm³/mol. The molecule has 0 aliphatic carbocycles. The monoisotopic (exact) mass is 526 g/mol. The van der Waals surface area contributed by atoms with Gasteiger partial charge < -0.3 is 20.6 Å². The highest BCUT2D eigenvalue weighted by molar-refractivity contribution is 7.84. The van der Waals surface area contributed by atoms with Gasteiger partial charge in [-0.15, -0.1) is 0 Å². The second kappa shape index (κ2) is 12.6. The topological polar surface area (TPSA) is 122 Å². The lowest BCUT2D eigenvalue weighted by atomic mass is 10.3. The third-order valence-corrected chi connectivity index (χ3v) is 8.48. The molecule has 0 radical (unpaired) electrons. The summed E-state index contributed by atoms with van der Waals surface area (Å²) in [7, 11) is -2.12. The number of anilines is 2. The van der Waals surface area contributed by atoms with Crippen molar-refractivity contribution in [1.82, 2.24) is 19.1 Å².